The molecule has 0 aromatic heterocycles. The Labute approximate surface area is 266 Å². The highest BCUT2D eigenvalue weighted by atomic mass is 19.1. The normalized spacial score (nSPS) is 29.8. The number of nitrogens with zero attached hydrogens (tertiary/aromatic N) is 2. The van der Waals surface area contributed by atoms with Crippen LogP contribution in [-0.4, -0.2) is 92.0 Å². The van der Waals surface area contributed by atoms with Crippen molar-refractivity contribution in [2.75, 3.05) is 6.54 Å². The minimum Gasteiger partial charge on any atom is -0.479 e. The number of amides is 4. The molecule has 250 valence electrons. The highest BCUT2D eigenvalue weighted by Gasteiger charge is 2.61. The van der Waals surface area contributed by atoms with Gasteiger partial charge in [0.15, 0.2) is 0 Å². The number of nitrogens with one attached hydrogen (secondary N) is 2. The van der Waals surface area contributed by atoms with E-state index in [1.165, 1.54) is 15.9 Å². The summed E-state index contributed by atoms with van der Waals surface area (Å²) < 4.78 is 25.4. The van der Waals surface area contributed by atoms with E-state index in [1.54, 1.807) is 45.1 Å². The number of halogens is 1. The number of hydrogen-bond acceptors (Lipinski definition) is 8. The lowest BCUT2D eigenvalue weighted by atomic mass is 10.0. The van der Waals surface area contributed by atoms with Gasteiger partial charge in [0.25, 0.3) is 0 Å². The van der Waals surface area contributed by atoms with Crippen molar-refractivity contribution >= 4 is 30.0 Å². The van der Waals surface area contributed by atoms with Gasteiger partial charge in [0.2, 0.25) is 11.8 Å². The van der Waals surface area contributed by atoms with Crippen molar-refractivity contribution in [3.05, 3.63) is 47.3 Å². The van der Waals surface area contributed by atoms with Crippen LogP contribution >= 0.6 is 0 Å². The number of ether oxygens (including phenoxy) is 2. The summed E-state index contributed by atoms with van der Waals surface area (Å²) in [4.78, 5) is 68.5. The van der Waals surface area contributed by atoms with Gasteiger partial charge in [-0.15, -0.1) is 0 Å². The van der Waals surface area contributed by atoms with Gasteiger partial charge < -0.3 is 35.2 Å². The SMILES string of the molecule is CC(C)(C)OC(=O)N[C@H]1CCC(O)CCC=C[C@@H]2C[C@@]2(C(=O)O)NC(=O)[C@@H]2C[C@@H](OC(=O)N3Cc4cccc(F)c4C3)CN2C1=O. The predicted octanol–water partition coefficient (Wildman–Crippen LogP) is 2.59. The first-order valence-electron chi connectivity index (χ1n) is 15.6. The van der Waals surface area contributed by atoms with E-state index in [1.807, 2.05) is 0 Å². The standard InChI is InChI=1S/C32H41FN4O9/c1-31(2,3)46-29(43)34-24-12-11-20(38)9-5-4-8-19-14-32(19,28(41)42)35-26(39)25-13-21(16-37(25)27(24)40)45-30(44)36-15-18-7-6-10-23(33)22(18)17-36/h4,6-8,10,19-21,24-25,38H,5,9,11-17H2,1-3H3,(H,34,43)(H,35,39)(H,41,42)/t19-,20?,21-,24+,25+,32-/m1/s1. The number of fused-ring (bicyclic) bond motifs is 3. The molecule has 6 atom stereocenters. The van der Waals surface area contributed by atoms with Crippen LogP contribution in [0.4, 0.5) is 14.0 Å². The third-order valence-electron chi connectivity index (χ3n) is 8.86. The molecule has 0 spiro atoms. The topological polar surface area (TPSA) is 175 Å². The molecular weight excluding hydrogens is 603 g/mol. The third-order valence-corrected chi connectivity index (χ3v) is 8.86. The number of hydrogen-bond donors (Lipinski definition) is 4. The van der Waals surface area contributed by atoms with Gasteiger partial charge in [0, 0.05) is 24.4 Å². The molecule has 3 heterocycles. The van der Waals surface area contributed by atoms with Crippen LogP contribution in [0.15, 0.2) is 30.4 Å². The molecule has 13 nitrogen and oxygen atoms in total. The Hall–Kier alpha value is -4.20. The molecule has 2 fully saturated rings. The fourth-order valence-corrected chi connectivity index (χ4v) is 6.33. The largest absolute Gasteiger partial charge is 0.479 e. The molecule has 5 rings (SSSR count). The van der Waals surface area contributed by atoms with Crippen molar-refractivity contribution in [3.63, 3.8) is 0 Å². The highest BCUT2D eigenvalue weighted by Crippen LogP contribution is 2.45. The molecule has 1 saturated carbocycles. The molecule has 1 unspecified atom stereocenters. The Morgan fingerprint density at radius 1 is 1.13 bits per heavy atom. The van der Waals surface area contributed by atoms with Crippen LogP contribution in [0.25, 0.3) is 0 Å². The van der Waals surface area contributed by atoms with E-state index in [0.717, 1.165) is 0 Å². The van der Waals surface area contributed by atoms with Crippen molar-refractivity contribution in [1.82, 2.24) is 20.4 Å². The molecule has 1 aromatic carbocycles. The Bertz CT molecular complexity index is 1430. The quantitative estimate of drug-likeness (QED) is 0.361. The summed E-state index contributed by atoms with van der Waals surface area (Å²) in [6.07, 6.45) is 1.10. The number of carbonyl (C=O) groups is 5. The van der Waals surface area contributed by atoms with Gasteiger partial charge in [-0.25, -0.2) is 18.8 Å². The zero-order valence-electron chi connectivity index (χ0n) is 26.2. The summed E-state index contributed by atoms with van der Waals surface area (Å²) in [6, 6.07) is 2.16. The van der Waals surface area contributed by atoms with Gasteiger partial charge >= 0.3 is 18.2 Å². The number of rotatable bonds is 3. The smallest absolute Gasteiger partial charge is 0.410 e. The summed E-state index contributed by atoms with van der Waals surface area (Å²) in [6.45, 7) is 4.91. The summed E-state index contributed by atoms with van der Waals surface area (Å²) >= 11 is 0. The van der Waals surface area contributed by atoms with E-state index in [9.17, 15) is 38.6 Å². The number of aliphatic hydroxyl groups excluding tert-OH is 1. The van der Waals surface area contributed by atoms with Crippen LogP contribution in [-0.2, 0) is 36.9 Å². The third kappa shape index (κ3) is 7.27. The van der Waals surface area contributed by atoms with Gasteiger partial charge in [0.05, 0.1) is 19.2 Å². The summed E-state index contributed by atoms with van der Waals surface area (Å²) in [5.41, 5.74) is -1.39. The maximum atomic E-state index is 14.3. The van der Waals surface area contributed by atoms with Crippen LogP contribution in [0.1, 0.15) is 70.4 Å². The van der Waals surface area contributed by atoms with Crippen LogP contribution in [0.3, 0.4) is 0 Å². The zero-order chi connectivity index (χ0) is 33.4. The van der Waals surface area contributed by atoms with Gasteiger partial charge in [0.1, 0.15) is 35.1 Å². The van der Waals surface area contributed by atoms with Crippen molar-refractivity contribution in [1.29, 1.82) is 0 Å². The minimum absolute atomic E-state index is 0.000363. The molecule has 3 aliphatic heterocycles. The first kappa shape index (κ1) is 33.2. The van der Waals surface area contributed by atoms with Crippen LogP contribution < -0.4 is 10.6 Å². The molecule has 0 bridgehead atoms. The fourth-order valence-electron chi connectivity index (χ4n) is 6.33. The van der Waals surface area contributed by atoms with Crippen LogP contribution in [0.5, 0.6) is 0 Å². The number of alkyl carbamates (subject to hydrolysis) is 1. The van der Waals surface area contributed by atoms with E-state index in [0.29, 0.717) is 24.0 Å². The van der Waals surface area contributed by atoms with Crippen molar-refractivity contribution in [2.24, 2.45) is 5.92 Å². The molecular formula is C32H41FN4O9. The Balaban J connectivity index is 1.39. The highest BCUT2D eigenvalue weighted by molar-refractivity contribution is 5.96. The van der Waals surface area contributed by atoms with E-state index in [4.69, 9.17) is 9.47 Å². The monoisotopic (exact) mass is 644 g/mol. The second-order valence-corrected chi connectivity index (χ2v) is 13.5. The second-order valence-electron chi connectivity index (χ2n) is 13.5. The van der Waals surface area contributed by atoms with Crippen molar-refractivity contribution in [3.8, 4) is 0 Å². The lowest BCUT2D eigenvalue weighted by molar-refractivity contribution is -0.145. The van der Waals surface area contributed by atoms with Gasteiger partial charge in [-0.1, -0.05) is 24.3 Å². The first-order chi connectivity index (χ1) is 21.7. The number of aliphatic hydroxyl groups is 1. The van der Waals surface area contributed by atoms with E-state index < -0.39 is 77.1 Å². The fraction of sp³-hybridized carbons (Fsp3) is 0.594. The average molecular weight is 645 g/mol. The Morgan fingerprint density at radius 3 is 2.59 bits per heavy atom. The zero-order valence-corrected chi connectivity index (χ0v) is 26.2. The first-order valence-corrected chi connectivity index (χ1v) is 15.6. The number of allylic oxidation sites excluding steroid dienone is 1. The van der Waals surface area contributed by atoms with Gasteiger partial charge in [-0.05, 0) is 64.5 Å². The second kappa shape index (κ2) is 12.9. The lowest BCUT2D eigenvalue weighted by Crippen LogP contribution is -2.56. The molecule has 4 aliphatic rings. The van der Waals surface area contributed by atoms with E-state index in [2.05, 4.69) is 10.6 Å². The Kier molecular flexibility index (Phi) is 9.30. The molecule has 46 heavy (non-hydrogen) atoms. The number of carboxylic acid groups (broad SMARTS) is 1. The predicted molar refractivity (Wildman–Crippen MR) is 159 cm³/mol. The van der Waals surface area contributed by atoms with E-state index >= 15 is 0 Å². The minimum atomic E-state index is -1.56. The molecule has 4 N–H and O–H groups in total. The summed E-state index contributed by atoms with van der Waals surface area (Å²) in [5, 5.41) is 25.9. The van der Waals surface area contributed by atoms with Gasteiger partial charge in [-0.2, -0.15) is 0 Å². The Morgan fingerprint density at radius 2 is 1.89 bits per heavy atom. The average Bonchev–Trinajstić information content (AvgIpc) is 3.27. The maximum Gasteiger partial charge on any atom is 0.410 e. The molecule has 4 amide bonds. The molecule has 14 heteroatoms. The molecule has 1 saturated heterocycles. The van der Waals surface area contributed by atoms with E-state index in [-0.39, 0.29) is 45.3 Å². The maximum absolute atomic E-state index is 14.3. The molecule has 1 aliphatic carbocycles. The molecule has 1 aromatic rings. The van der Waals surface area contributed by atoms with Crippen LogP contribution in [0, 0.1) is 11.7 Å². The summed E-state index contributed by atoms with van der Waals surface area (Å²) in [7, 11) is 0. The van der Waals surface area contributed by atoms with Crippen molar-refractivity contribution in [2.45, 2.75) is 108 Å². The molecule has 0 radical (unpaired) electrons. The number of carbonyl (C=O) groups excluding carboxylic acids is 4. The van der Waals surface area contributed by atoms with Crippen molar-refractivity contribution < 1.29 is 48.0 Å². The lowest BCUT2D eigenvalue weighted by Gasteiger charge is -2.30. The van der Waals surface area contributed by atoms with Gasteiger partial charge in [-0.3, -0.25) is 14.5 Å². The number of carboxylic acids is 1. The number of benzene rings is 1. The number of aliphatic carboxylic acids is 1. The van der Waals surface area contributed by atoms with Crippen LogP contribution in [0.2, 0.25) is 0 Å². The summed E-state index contributed by atoms with van der Waals surface area (Å²) in [5.74, 6) is -3.53.